The lowest BCUT2D eigenvalue weighted by atomic mass is 10.2. The van der Waals surface area contributed by atoms with Crippen LogP contribution >= 0.6 is 11.3 Å². The van der Waals surface area contributed by atoms with Crippen LogP contribution in [0.5, 0.6) is 0 Å². The third-order valence-corrected chi connectivity index (χ3v) is 7.78. The van der Waals surface area contributed by atoms with E-state index >= 15 is 0 Å². The summed E-state index contributed by atoms with van der Waals surface area (Å²) >= 11 is 0.747. The minimum Gasteiger partial charge on any atom is -0.366 e. The molecule has 1 aromatic heterocycles. The summed E-state index contributed by atoms with van der Waals surface area (Å²) in [5.74, 6) is -1.53. The first kappa shape index (κ1) is 17.8. The highest BCUT2D eigenvalue weighted by molar-refractivity contribution is 7.91. The Morgan fingerprint density at radius 3 is 2.44 bits per heavy atom. The van der Waals surface area contributed by atoms with Gasteiger partial charge in [-0.3, -0.25) is 9.59 Å². The summed E-state index contributed by atoms with van der Waals surface area (Å²) in [6, 6.07) is 1.18. The summed E-state index contributed by atoms with van der Waals surface area (Å²) in [5.41, 5.74) is 5.23. The summed E-state index contributed by atoms with van der Waals surface area (Å²) in [7, 11) is -3.77. The molecule has 2 heterocycles. The number of nitrogens with zero attached hydrogens (tertiary/aromatic N) is 3. The van der Waals surface area contributed by atoms with E-state index in [-0.39, 0.29) is 20.7 Å². The lowest BCUT2D eigenvalue weighted by Crippen LogP contribution is -2.35. The maximum Gasteiger partial charge on any atom is 0.252 e. The summed E-state index contributed by atoms with van der Waals surface area (Å²) < 4.78 is 26.9. The molecule has 0 aromatic carbocycles. The SMILES string of the molecule is N#CN(C(=O)C1CC1)c1sc(S(=O)(=O)N2CCCCC2)cc1C(N)=O. The highest BCUT2D eigenvalue weighted by Gasteiger charge is 2.38. The number of carbonyl (C=O) groups excluding carboxylic acids is 2. The number of rotatable bonds is 5. The fourth-order valence-corrected chi connectivity index (χ4v) is 5.86. The molecule has 1 aromatic rings. The normalized spacial score (nSPS) is 18.5. The topological polar surface area (TPSA) is 125 Å². The molecule has 3 rings (SSSR count). The Morgan fingerprint density at radius 2 is 1.92 bits per heavy atom. The van der Waals surface area contributed by atoms with Crippen molar-refractivity contribution in [2.75, 3.05) is 18.0 Å². The average molecular weight is 382 g/mol. The van der Waals surface area contributed by atoms with E-state index in [4.69, 9.17) is 5.73 Å². The second-order valence-electron chi connectivity index (χ2n) is 6.16. The number of primary amides is 1. The van der Waals surface area contributed by atoms with Gasteiger partial charge in [0, 0.05) is 19.0 Å². The van der Waals surface area contributed by atoms with E-state index in [0.717, 1.165) is 35.5 Å². The van der Waals surface area contributed by atoms with Crippen LogP contribution in [0.2, 0.25) is 0 Å². The number of anilines is 1. The van der Waals surface area contributed by atoms with E-state index in [2.05, 4.69) is 0 Å². The molecule has 134 valence electrons. The minimum absolute atomic E-state index is 0.0116. The number of hydrogen-bond acceptors (Lipinski definition) is 6. The zero-order valence-corrected chi connectivity index (χ0v) is 15.1. The number of carbonyl (C=O) groups is 2. The van der Waals surface area contributed by atoms with Gasteiger partial charge < -0.3 is 5.73 Å². The van der Waals surface area contributed by atoms with E-state index in [1.807, 2.05) is 0 Å². The molecular weight excluding hydrogens is 364 g/mol. The molecule has 0 bridgehead atoms. The van der Waals surface area contributed by atoms with E-state index in [9.17, 15) is 23.3 Å². The Morgan fingerprint density at radius 1 is 1.28 bits per heavy atom. The number of nitrogens with two attached hydrogens (primary N) is 1. The summed E-state index contributed by atoms with van der Waals surface area (Å²) in [6.07, 6.45) is 5.68. The van der Waals surface area contributed by atoms with Crippen molar-refractivity contribution in [3.05, 3.63) is 11.6 Å². The molecule has 1 saturated carbocycles. The Kier molecular flexibility index (Phi) is 4.81. The van der Waals surface area contributed by atoms with Gasteiger partial charge >= 0.3 is 0 Å². The van der Waals surface area contributed by atoms with E-state index in [0.29, 0.717) is 25.9 Å². The Labute approximate surface area is 149 Å². The molecule has 2 aliphatic rings. The number of amides is 2. The molecule has 10 heteroatoms. The molecule has 1 aliphatic carbocycles. The largest absolute Gasteiger partial charge is 0.366 e. The van der Waals surface area contributed by atoms with Crippen molar-refractivity contribution < 1.29 is 18.0 Å². The van der Waals surface area contributed by atoms with Gasteiger partial charge in [-0.1, -0.05) is 6.42 Å². The zero-order chi connectivity index (χ0) is 18.2. The van der Waals surface area contributed by atoms with Crippen molar-refractivity contribution in [2.24, 2.45) is 11.7 Å². The predicted molar refractivity (Wildman–Crippen MR) is 91.3 cm³/mol. The van der Waals surface area contributed by atoms with Gasteiger partial charge in [0.05, 0.1) is 5.56 Å². The highest BCUT2D eigenvalue weighted by atomic mass is 32.2. The standard InChI is InChI=1S/C15H18N4O4S2/c16-9-19(14(21)10-4-5-10)15-11(13(17)20)8-12(24-15)25(22,23)18-6-2-1-3-7-18/h8,10H,1-7H2,(H2,17,20). The van der Waals surface area contributed by atoms with Crippen molar-refractivity contribution in [3.8, 4) is 6.19 Å². The third kappa shape index (κ3) is 3.40. The van der Waals surface area contributed by atoms with Crippen molar-refractivity contribution in [2.45, 2.75) is 36.3 Å². The molecule has 2 fully saturated rings. The molecule has 1 saturated heterocycles. The van der Waals surface area contributed by atoms with E-state index in [1.54, 1.807) is 6.19 Å². The van der Waals surface area contributed by atoms with Crippen LogP contribution < -0.4 is 10.6 Å². The quantitative estimate of drug-likeness (QED) is 0.606. The molecule has 2 N–H and O–H groups in total. The van der Waals surface area contributed by atoms with Crippen molar-refractivity contribution in [1.82, 2.24) is 4.31 Å². The fraction of sp³-hybridized carbons (Fsp3) is 0.533. The average Bonchev–Trinajstić information content (AvgIpc) is 3.35. The van der Waals surface area contributed by atoms with Crippen LogP contribution in [-0.4, -0.2) is 37.6 Å². The molecule has 1 aliphatic heterocycles. The summed E-state index contributed by atoms with van der Waals surface area (Å²) in [4.78, 5) is 24.8. The molecule has 2 amide bonds. The van der Waals surface area contributed by atoms with Gasteiger partial charge in [-0.05, 0) is 31.7 Å². The van der Waals surface area contributed by atoms with Crippen LogP contribution in [0.25, 0.3) is 0 Å². The second-order valence-corrected chi connectivity index (χ2v) is 9.36. The van der Waals surface area contributed by atoms with Crippen LogP contribution in [0.15, 0.2) is 10.3 Å². The van der Waals surface area contributed by atoms with Crippen LogP contribution in [-0.2, 0) is 14.8 Å². The molecule has 0 spiro atoms. The first-order chi connectivity index (χ1) is 11.9. The monoisotopic (exact) mass is 382 g/mol. The predicted octanol–water partition coefficient (Wildman–Crippen LogP) is 1.25. The molecular formula is C15H18N4O4S2. The Hall–Kier alpha value is -1.96. The number of nitriles is 1. The van der Waals surface area contributed by atoms with Gasteiger partial charge in [-0.25, -0.2) is 13.3 Å². The van der Waals surface area contributed by atoms with Gasteiger partial charge in [-0.2, -0.15) is 9.57 Å². The maximum atomic E-state index is 12.8. The summed E-state index contributed by atoms with van der Waals surface area (Å²) in [6.45, 7) is 0.842. The van der Waals surface area contributed by atoms with Crippen LogP contribution in [0.4, 0.5) is 5.00 Å². The van der Waals surface area contributed by atoms with Gasteiger partial charge in [0.2, 0.25) is 5.91 Å². The third-order valence-electron chi connectivity index (χ3n) is 4.31. The minimum atomic E-state index is -3.77. The van der Waals surface area contributed by atoms with Crippen molar-refractivity contribution in [1.29, 1.82) is 5.26 Å². The number of sulfonamides is 1. The Balaban J connectivity index is 2.01. The molecule has 0 unspecified atom stereocenters. The van der Waals surface area contributed by atoms with Gasteiger partial charge in [0.15, 0.2) is 6.19 Å². The van der Waals surface area contributed by atoms with Gasteiger partial charge in [0.25, 0.3) is 15.9 Å². The van der Waals surface area contributed by atoms with Crippen LogP contribution in [0.3, 0.4) is 0 Å². The van der Waals surface area contributed by atoms with Gasteiger partial charge in [-0.15, -0.1) is 11.3 Å². The van der Waals surface area contributed by atoms with Gasteiger partial charge in [0.1, 0.15) is 9.21 Å². The number of thiophene rings is 1. The summed E-state index contributed by atoms with van der Waals surface area (Å²) in [5, 5.41) is 9.33. The van der Waals surface area contributed by atoms with Crippen molar-refractivity contribution >= 4 is 38.2 Å². The molecule has 25 heavy (non-hydrogen) atoms. The first-order valence-corrected chi connectivity index (χ1v) is 10.3. The lowest BCUT2D eigenvalue weighted by Gasteiger charge is -2.25. The molecule has 8 nitrogen and oxygen atoms in total. The highest BCUT2D eigenvalue weighted by Crippen LogP contribution is 2.39. The number of hydrogen-bond donors (Lipinski definition) is 1. The van der Waals surface area contributed by atoms with Crippen molar-refractivity contribution in [3.63, 3.8) is 0 Å². The second kappa shape index (κ2) is 6.74. The fourth-order valence-electron chi connectivity index (χ4n) is 2.77. The van der Waals surface area contributed by atoms with E-state index < -0.39 is 21.8 Å². The molecule has 0 radical (unpaired) electrons. The first-order valence-electron chi connectivity index (χ1n) is 8.03. The van der Waals surface area contributed by atoms with Crippen LogP contribution in [0.1, 0.15) is 42.5 Å². The Bertz CT molecular complexity index is 845. The maximum absolute atomic E-state index is 12.8. The lowest BCUT2D eigenvalue weighted by molar-refractivity contribution is -0.119. The smallest absolute Gasteiger partial charge is 0.252 e. The van der Waals surface area contributed by atoms with Crippen LogP contribution in [0, 0.1) is 17.4 Å². The zero-order valence-electron chi connectivity index (χ0n) is 13.5. The van der Waals surface area contributed by atoms with E-state index in [1.165, 1.54) is 10.4 Å². The number of piperidine rings is 1. The molecule has 0 atom stereocenters.